The summed E-state index contributed by atoms with van der Waals surface area (Å²) in [4.78, 5) is 19.0. The molecule has 23 heavy (non-hydrogen) atoms. The highest BCUT2D eigenvalue weighted by Gasteiger charge is 2.52. The van der Waals surface area contributed by atoms with Crippen LogP contribution >= 0.6 is 0 Å². The number of ether oxygens (including phenoxy) is 2. The number of aromatic nitrogens is 2. The van der Waals surface area contributed by atoms with Crippen LogP contribution in [0.25, 0.3) is 0 Å². The molecule has 0 radical (unpaired) electrons. The molecule has 2 aliphatic rings. The van der Waals surface area contributed by atoms with Crippen molar-refractivity contribution in [2.45, 2.75) is 63.3 Å². The molecular weight excluding hydrogens is 294 g/mol. The van der Waals surface area contributed by atoms with Gasteiger partial charge in [-0.05, 0) is 32.6 Å². The summed E-state index contributed by atoms with van der Waals surface area (Å²) >= 11 is 0. The Hall–Kier alpha value is -1.40. The zero-order chi connectivity index (χ0) is 16.4. The van der Waals surface area contributed by atoms with E-state index in [9.17, 15) is 4.79 Å². The minimum atomic E-state index is -0.171. The SMILES string of the molecule is CO[C@@H]1CC[C@@]2(OC)CCN(C(=O)CCn3ccnc3C)[C@H]2C1. The molecule has 0 N–H and O–H groups in total. The van der Waals surface area contributed by atoms with Gasteiger partial charge in [-0.3, -0.25) is 4.79 Å². The first-order valence-electron chi connectivity index (χ1n) is 8.45. The van der Waals surface area contributed by atoms with Gasteiger partial charge in [0, 0.05) is 46.1 Å². The molecule has 1 amide bonds. The molecule has 3 atom stereocenters. The lowest BCUT2D eigenvalue weighted by molar-refractivity contribution is -0.140. The van der Waals surface area contributed by atoms with E-state index in [2.05, 4.69) is 4.98 Å². The van der Waals surface area contributed by atoms with Gasteiger partial charge in [-0.1, -0.05) is 0 Å². The molecule has 1 saturated heterocycles. The zero-order valence-corrected chi connectivity index (χ0v) is 14.3. The van der Waals surface area contributed by atoms with Crippen molar-refractivity contribution < 1.29 is 14.3 Å². The normalized spacial score (nSPS) is 30.5. The first-order valence-corrected chi connectivity index (χ1v) is 8.45. The fraction of sp³-hybridized carbons (Fsp3) is 0.765. The van der Waals surface area contributed by atoms with E-state index >= 15 is 0 Å². The van der Waals surface area contributed by atoms with E-state index in [4.69, 9.17) is 9.47 Å². The highest BCUT2D eigenvalue weighted by molar-refractivity contribution is 5.77. The zero-order valence-electron chi connectivity index (χ0n) is 14.3. The van der Waals surface area contributed by atoms with Crippen LogP contribution in [-0.2, 0) is 20.8 Å². The first kappa shape index (κ1) is 16.5. The second kappa shape index (κ2) is 6.61. The van der Waals surface area contributed by atoms with Crippen molar-refractivity contribution in [3.63, 3.8) is 0 Å². The summed E-state index contributed by atoms with van der Waals surface area (Å²) in [5, 5.41) is 0. The molecule has 1 aliphatic carbocycles. The molecule has 0 aromatic carbocycles. The largest absolute Gasteiger partial charge is 0.381 e. The molecule has 1 aromatic heterocycles. The molecule has 128 valence electrons. The first-order chi connectivity index (χ1) is 11.1. The maximum Gasteiger partial charge on any atom is 0.224 e. The fourth-order valence-electron chi connectivity index (χ4n) is 4.17. The van der Waals surface area contributed by atoms with Gasteiger partial charge in [0.1, 0.15) is 5.82 Å². The Morgan fingerprint density at radius 2 is 2.26 bits per heavy atom. The summed E-state index contributed by atoms with van der Waals surface area (Å²) in [6.07, 6.45) is 8.22. The molecule has 2 fully saturated rings. The van der Waals surface area contributed by atoms with Crippen LogP contribution in [0.1, 0.15) is 37.9 Å². The van der Waals surface area contributed by atoms with Gasteiger partial charge in [-0.2, -0.15) is 0 Å². The van der Waals surface area contributed by atoms with Gasteiger partial charge in [-0.25, -0.2) is 4.98 Å². The highest BCUT2D eigenvalue weighted by atomic mass is 16.5. The minimum Gasteiger partial charge on any atom is -0.381 e. The Bertz CT molecular complexity index is 559. The number of hydrogen-bond donors (Lipinski definition) is 0. The number of carbonyl (C=O) groups is 1. The molecule has 0 unspecified atom stereocenters. The van der Waals surface area contributed by atoms with Crippen LogP contribution in [0.5, 0.6) is 0 Å². The molecule has 3 rings (SSSR count). The fourth-order valence-corrected chi connectivity index (χ4v) is 4.17. The summed E-state index contributed by atoms with van der Waals surface area (Å²) in [5.74, 6) is 1.15. The standard InChI is InChI=1S/C17H27N3O3/c1-13-18-8-11-19(13)9-5-16(21)20-10-7-17(23-3)6-4-14(22-2)12-15(17)20/h8,11,14-15H,4-7,9-10,12H2,1-3H3/t14-,15+,17-/m1/s1. The average Bonchev–Trinajstić information content (AvgIpc) is 3.15. The van der Waals surface area contributed by atoms with Crippen molar-refractivity contribution in [1.82, 2.24) is 14.5 Å². The number of fused-ring (bicyclic) bond motifs is 1. The Morgan fingerprint density at radius 3 is 2.91 bits per heavy atom. The molecule has 1 aromatic rings. The van der Waals surface area contributed by atoms with E-state index in [1.807, 2.05) is 22.6 Å². The molecule has 2 heterocycles. The maximum absolute atomic E-state index is 12.8. The number of likely N-dealkylation sites (tertiary alicyclic amines) is 1. The lowest BCUT2D eigenvalue weighted by Crippen LogP contribution is -2.53. The minimum absolute atomic E-state index is 0.141. The van der Waals surface area contributed by atoms with Crippen LogP contribution in [0.4, 0.5) is 0 Å². The lowest BCUT2D eigenvalue weighted by Gasteiger charge is -2.43. The van der Waals surface area contributed by atoms with Crippen LogP contribution in [0.3, 0.4) is 0 Å². The number of rotatable bonds is 5. The molecule has 1 saturated carbocycles. The Morgan fingerprint density at radius 1 is 1.43 bits per heavy atom. The van der Waals surface area contributed by atoms with Gasteiger partial charge >= 0.3 is 0 Å². The molecule has 0 spiro atoms. The Labute approximate surface area is 137 Å². The smallest absolute Gasteiger partial charge is 0.224 e. The highest BCUT2D eigenvalue weighted by Crippen LogP contribution is 2.43. The monoisotopic (exact) mass is 321 g/mol. The number of nitrogens with zero attached hydrogens (tertiary/aromatic N) is 3. The number of carbonyl (C=O) groups excluding carboxylic acids is 1. The maximum atomic E-state index is 12.8. The lowest BCUT2D eigenvalue weighted by atomic mass is 9.79. The quantitative estimate of drug-likeness (QED) is 0.829. The van der Waals surface area contributed by atoms with Gasteiger partial charge in [0.15, 0.2) is 0 Å². The van der Waals surface area contributed by atoms with E-state index in [-0.39, 0.29) is 23.7 Å². The number of aryl methyl sites for hydroxylation is 2. The number of imidazole rings is 1. The summed E-state index contributed by atoms with van der Waals surface area (Å²) in [7, 11) is 3.54. The van der Waals surface area contributed by atoms with Crippen LogP contribution in [0, 0.1) is 6.92 Å². The summed E-state index contributed by atoms with van der Waals surface area (Å²) < 4.78 is 13.5. The number of amides is 1. The van der Waals surface area contributed by atoms with Gasteiger partial charge < -0.3 is 18.9 Å². The van der Waals surface area contributed by atoms with Crippen molar-refractivity contribution in [3.05, 3.63) is 18.2 Å². The number of methoxy groups -OCH3 is 2. The van der Waals surface area contributed by atoms with Crippen molar-refractivity contribution in [2.75, 3.05) is 20.8 Å². The third-order valence-electron chi connectivity index (χ3n) is 5.69. The predicted octanol–water partition coefficient (Wildman–Crippen LogP) is 1.77. The average molecular weight is 321 g/mol. The Kier molecular flexibility index (Phi) is 4.73. The Balaban J connectivity index is 1.67. The molecule has 6 nitrogen and oxygen atoms in total. The van der Waals surface area contributed by atoms with E-state index in [0.29, 0.717) is 13.0 Å². The van der Waals surface area contributed by atoms with Crippen LogP contribution in [-0.4, -0.2) is 58.9 Å². The molecule has 0 bridgehead atoms. The third-order valence-corrected chi connectivity index (χ3v) is 5.69. The second-order valence-corrected chi connectivity index (χ2v) is 6.67. The molecular formula is C17H27N3O3. The predicted molar refractivity (Wildman–Crippen MR) is 86.1 cm³/mol. The number of hydrogen-bond acceptors (Lipinski definition) is 4. The van der Waals surface area contributed by atoms with Gasteiger partial charge in [0.05, 0.1) is 17.7 Å². The van der Waals surface area contributed by atoms with Gasteiger partial charge in [-0.15, -0.1) is 0 Å². The van der Waals surface area contributed by atoms with E-state index < -0.39 is 0 Å². The van der Waals surface area contributed by atoms with Crippen molar-refractivity contribution in [2.24, 2.45) is 0 Å². The van der Waals surface area contributed by atoms with E-state index in [1.54, 1.807) is 20.4 Å². The summed E-state index contributed by atoms with van der Waals surface area (Å²) in [6.45, 7) is 3.43. The third kappa shape index (κ3) is 3.02. The van der Waals surface area contributed by atoms with Gasteiger partial charge in [0.2, 0.25) is 5.91 Å². The van der Waals surface area contributed by atoms with Crippen LogP contribution in [0.15, 0.2) is 12.4 Å². The molecule has 1 aliphatic heterocycles. The van der Waals surface area contributed by atoms with Crippen molar-refractivity contribution in [3.8, 4) is 0 Å². The summed E-state index contributed by atoms with van der Waals surface area (Å²) in [5.41, 5.74) is -0.171. The summed E-state index contributed by atoms with van der Waals surface area (Å²) in [6, 6.07) is 0.141. The van der Waals surface area contributed by atoms with Crippen molar-refractivity contribution in [1.29, 1.82) is 0 Å². The van der Waals surface area contributed by atoms with Crippen LogP contribution in [0.2, 0.25) is 0 Å². The topological polar surface area (TPSA) is 56.6 Å². The van der Waals surface area contributed by atoms with Crippen molar-refractivity contribution >= 4 is 5.91 Å². The van der Waals surface area contributed by atoms with Crippen LogP contribution < -0.4 is 0 Å². The second-order valence-electron chi connectivity index (χ2n) is 6.67. The molecule has 6 heteroatoms. The van der Waals surface area contributed by atoms with E-state index in [0.717, 1.165) is 38.1 Å². The van der Waals surface area contributed by atoms with Gasteiger partial charge in [0.25, 0.3) is 0 Å². The van der Waals surface area contributed by atoms with E-state index in [1.165, 1.54) is 0 Å².